The van der Waals surface area contributed by atoms with Crippen molar-refractivity contribution in [2.24, 2.45) is 11.5 Å². The number of nitrogens with two attached hydrogens (primary N) is 2. The predicted molar refractivity (Wildman–Crippen MR) is 98.0 cm³/mol. The van der Waals surface area contributed by atoms with Crippen molar-refractivity contribution < 1.29 is 18.3 Å². The lowest BCUT2D eigenvalue weighted by Gasteiger charge is -2.26. The summed E-state index contributed by atoms with van der Waals surface area (Å²) in [5.41, 5.74) is 9.11. The largest absolute Gasteiger partial charge is 0.472 e. The van der Waals surface area contributed by atoms with Crippen LogP contribution in [0, 0.1) is 11.6 Å². The maximum Gasteiger partial charge on any atom is 0.272 e. The molecule has 0 fully saturated rings. The molecule has 0 spiro atoms. The van der Waals surface area contributed by atoms with Gasteiger partial charge in [-0.1, -0.05) is 0 Å². The van der Waals surface area contributed by atoms with Gasteiger partial charge in [-0.3, -0.25) is 14.2 Å². The normalized spacial score (nSPS) is 13.5. The smallest absolute Gasteiger partial charge is 0.272 e. The summed E-state index contributed by atoms with van der Waals surface area (Å²) in [6.45, 7) is 4.43. The van der Waals surface area contributed by atoms with E-state index in [9.17, 15) is 18.4 Å². The van der Waals surface area contributed by atoms with E-state index in [2.05, 4.69) is 20.9 Å². The number of ether oxygens (including phenoxy) is 1. The van der Waals surface area contributed by atoms with E-state index >= 15 is 0 Å². The number of hydrogen-bond acceptors (Lipinski definition) is 5. The van der Waals surface area contributed by atoms with Crippen molar-refractivity contribution in [2.75, 3.05) is 0 Å². The van der Waals surface area contributed by atoms with Gasteiger partial charge >= 0.3 is 0 Å². The van der Waals surface area contributed by atoms with Gasteiger partial charge in [0, 0.05) is 17.7 Å². The van der Waals surface area contributed by atoms with Crippen molar-refractivity contribution in [3.8, 4) is 5.88 Å². The number of halogens is 3. The van der Waals surface area contributed by atoms with E-state index in [-0.39, 0.29) is 34.4 Å². The lowest BCUT2D eigenvalue weighted by atomic mass is 10.0. The molecule has 0 aliphatic heterocycles. The molecule has 4 N–H and O–H groups in total. The molecule has 27 heavy (non-hydrogen) atoms. The van der Waals surface area contributed by atoms with E-state index in [1.54, 1.807) is 13.8 Å². The second-order valence-electron chi connectivity index (χ2n) is 6.41. The maximum absolute atomic E-state index is 13.8. The molecular formula is C17H19BrF2N4O3. The van der Waals surface area contributed by atoms with Crippen molar-refractivity contribution in [2.45, 2.75) is 39.0 Å². The van der Waals surface area contributed by atoms with Gasteiger partial charge in [0.15, 0.2) is 5.54 Å². The van der Waals surface area contributed by atoms with Gasteiger partial charge in [-0.05, 0) is 48.8 Å². The number of hydrogen-bond donors (Lipinski definition) is 2. The third kappa shape index (κ3) is 4.16. The first-order chi connectivity index (χ1) is 12.5. The second-order valence-corrected chi connectivity index (χ2v) is 7.21. The van der Waals surface area contributed by atoms with E-state index in [0.29, 0.717) is 6.07 Å². The number of carbonyl (C=O) groups is 1. The average Bonchev–Trinajstić information content (AvgIpc) is 2.56. The zero-order valence-electron chi connectivity index (χ0n) is 14.9. The molecule has 10 heteroatoms. The summed E-state index contributed by atoms with van der Waals surface area (Å²) in [5, 5.41) is 0. The van der Waals surface area contributed by atoms with Gasteiger partial charge in [0.25, 0.3) is 5.56 Å². The van der Waals surface area contributed by atoms with Crippen LogP contribution in [-0.2, 0) is 16.9 Å². The minimum Gasteiger partial charge on any atom is -0.472 e. The lowest BCUT2D eigenvalue weighted by Crippen LogP contribution is -2.51. The molecule has 1 atom stereocenters. The van der Waals surface area contributed by atoms with Gasteiger partial charge in [0.05, 0.1) is 0 Å². The first kappa shape index (κ1) is 21.0. The average molecular weight is 445 g/mol. The molecule has 0 unspecified atom stereocenters. The first-order valence-corrected chi connectivity index (χ1v) is 8.74. The van der Waals surface area contributed by atoms with Crippen LogP contribution in [0.3, 0.4) is 0 Å². The Labute approximate surface area is 162 Å². The highest BCUT2D eigenvalue weighted by Gasteiger charge is 2.35. The van der Waals surface area contributed by atoms with Crippen molar-refractivity contribution in [3.63, 3.8) is 0 Å². The van der Waals surface area contributed by atoms with Crippen molar-refractivity contribution in [1.82, 2.24) is 9.55 Å². The van der Waals surface area contributed by atoms with Crippen LogP contribution < -0.4 is 21.8 Å². The summed E-state index contributed by atoms with van der Waals surface area (Å²) >= 11 is 3.11. The molecule has 1 heterocycles. The van der Waals surface area contributed by atoms with Crippen molar-refractivity contribution in [1.29, 1.82) is 0 Å². The standard InChI is InChI=1S/C17H19BrF2N4O3/c1-8(2)24-14(25)12(18)13(23-16(24)17(3,22)15(21)26)27-7-9-4-5-10(19)6-11(9)20/h4-6,8H,7,22H2,1-3H3,(H2,21,26)/t17-/m0/s1. The Morgan fingerprint density at radius 3 is 2.56 bits per heavy atom. The highest BCUT2D eigenvalue weighted by atomic mass is 79.9. The molecule has 0 bridgehead atoms. The van der Waals surface area contributed by atoms with E-state index in [1.807, 2.05) is 0 Å². The maximum atomic E-state index is 13.8. The molecular weight excluding hydrogens is 426 g/mol. The summed E-state index contributed by atoms with van der Waals surface area (Å²) in [4.78, 5) is 28.7. The highest BCUT2D eigenvalue weighted by molar-refractivity contribution is 9.10. The Balaban J connectivity index is 2.53. The first-order valence-electron chi connectivity index (χ1n) is 7.94. The molecule has 1 aromatic heterocycles. The number of primary amides is 1. The predicted octanol–water partition coefficient (Wildman–Crippen LogP) is 2.10. The minimum atomic E-state index is -1.75. The van der Waals surface area contributed by atoms with Gasteiger partial charge in [0.1, 0.15) is 28.5 Å². The summed E-state index contributed by atoms with van der Waals surface area (Å²) in [5.74, 6) is -2.69. The SMILES string of the molecule is CC(C)n1c([C@@](C)(N)C(N)=O)nc(OCc2ccc(F)cc2F)c(Br)c1=O. The fourth-order valence-corrected chi connectivity index (χ4v) is 2.72. The number of nitrogens with zero attached hydrogens (tertiary/aromatic N) is 2. The van der Waals surface area contributed by atoms with E-state index in [1.165, 1.54) is 17.6 Å². The van der Waals surface area contributed by atoms with Gasteiger partial charge in [-0.15, -0.1) is 0 Å². The lowest BCUT2D eigenvalue weighted by molar-refractivity contribution is -0.123. The van der Waals surface area contributed by atoms with E-state index in [4.69, 9.17) is 16.2 Å². The van der Waals surface area contributed by atoms with Crippen LogP contribution in [0.4, 0.5) is 8.78 Å². The Morgan fingerprint density at radius 1 is 1.41 bits per heavy atom. The summed E-state index contributed by atoms with van der Waals surface area (Å²) in [6.07, 6.45) is 0. The number of carbonyl (C=O) groups excluding carboxylic acids is 1. The van der Waals surface area contributed by atoms with Crippen LogP contribution in [-0.4, -0.2) is 15.5 Å². The molecule has 0 aliphatic carbocycles. The van der Waals surface area contributed by atoms with Crippen LogP contribution in [0.1, 0.15) is 38.2 Å². The summed E-state index contributed by atoms with van der Waals surface area (Å²) in [7, 11) is 0. The van der Waals surface area contributed by atoms with Gasteiger partial charge in [-0.25, -0.2) is 8.78 Å². The topological polar surface area (TPSA) is 113 Å². The second kappa shape index (κ2) is 7.73. The Bertz CT molecular complexity index is 945. The van der Waals surface area contributed by atoms with Crippen molar-refractivity contribution >= 4 is 21.8 Å². The fraction of sp³-hybridized carbons (Fsp3) is 0.353. The third-order valence-electron chi connectivity index (χ3n) is 3.90. The van der Waals surface area contributed by atoms with Crippen LogP contribution in [0.15, 0.2) is 27.5 Å². The molecule has 0 saturated heterocycles. The number of benzene rings is 1. The number of rotatable bonds is 6. The van der Waals surface area contributed by atoms with E-state index < -0.39 is 28.6 Å². The summed E-state index contributed by atoms with van der Waals surface area (Å²) < 4.78 is 33.4. The fourth-order valence-electron chi connectivity index (χ4n) is 2.33. The number of aromatic nitrogens is 2. The third-order valence-corrected chi connectivity index (χ3v) is 4.58. The van der Waals surface area contributed by atoms with Crippen LogP contribution in [0.5, 0.6) is 5.88 Å². The zero-order chi connectivity index (χ0) is 20.5. The van der Waals surface area contributed by atoms with Crippen LogP contribution >= 0.6 is 15.9 Å². The Hall–Kier alpha value is -2.33. The highest BCUT2D eigenvalue weighted by Crippen LogP contribution is 2.26. The monoisotopic (exact) mass is 444 g/mol. The van der Waals surface area contributed by atoms with Crippen LogP contribution in [0.2, 0.25) is 0 Å². The Kier molecular flexibility index (Phi) is 6.01. The minimum absolute atomic E-state index is 0.0252. The molecule has 1 amide bonds. The number of amides is 1. The van der Waals surface area contributed by atoms with Crippen LogP contribution in [0.25, 0.3) is 0 Å². The molecule has 2 rings (SSSR count). The van der Waals surface area contributed by atoms with Crippen molar-refractivity contribution in [3.05, 3.63) is 56.0 Å². The molecule has 0 aliphatic rings. The Morgan fingerprint density at radius 2 is 2.04 bits per heavy atom. The molecule has 1 aromatic carbocycles. The van der Waals surface area contributed by atoms with Gasteiger partial charge < -0.3 is 16.2 Å². The molecule has 146 valence electrons. The molecule has 2 aromatic rings. The summed E-state index contributed by atoms with van der Waals surface area (Å²) in [6, 6.07) is 2.64. The quantitative estimate of drug-likeness (QED) is 0.707. The zero-order valence-corrected chi connectivity index (χ0v) is 16.5. The van der Waals surface area contributed by atoms with Gasteiger partial charge in [0.2, 0.25) is 11.8 Å². The molecule has 0 radical (unpaired) electrons. The molecule has 0 saturated carbocycles. The molecule has 7 nitrogen and oxygen atoms in total. The van der Waals surface area contributed by atoms with E-state index in [0.717, 1.165) is 6.07 Å². The van der Waals surface area contributed by atoms with Gasteiger partial charge in [-0.2, -0.15) is 4.98 Å².